The molecule has 1 aromatic carbocycles. The van der Waals surface area contributed by atoms with Crippen LogP contribution in [0.4, 0.5) is 0 Å². The molecule has 24 heavy (non-hydrogen) atoms. The molecule has 0 amide bonds. The van der Waals surface area contributed by atoms with Gasteiger partial charge in [-0.05, 0) is 51.2 Å². The maximum atomic E-state index is 5.43. The van der Waals surface area contributed by atoms with Crippen LogP contribution in [0.3, 0.4) is 0 Å². The summed E-state index contributed by atoms with van der Waals surface area (Å²) in [6.07, 6.45) is 4.25. The van der Waals surface area contributed by atoms with Gasteiger partial charge >= 0.3 is 0 Å². The molecule has 0 unspecified atom stereocenters. The van der Waals surface area contributed by atoms with Crippen LogP contribution < -0.4 is 15.4 Å². The van der Waals surface area contributed by atoms with E-state index >= 15 is 0 Å². The van der Waals surface area contributed by atoms with Crippen molar-refractivity contribution in [1.29, 1.82) is 0 Å². The zero-order valence-corrected chi connectivity index (χ0v) is 15.7. The molecule has 0 spiro atoms. The minimum absolute atomic E-state index is 0.829. The quantitative estimate of drug-likeness (QED) is 0.371. The number of methoxy groups -OCH3 is 2. The average molecular weight is 335 g/mol. The van der Waals surface area contributed by atoms with Gasteiger partial charge < -0.3 is 20.1 Å². The fourth-order valence-corrected chi connectivity index (χ4v) is 2.49. The van der Waals surface area contributed by atoms with Gasteiger partial charge in [0.2, 0.25) is 0 Å². The summed E-state index contributed by atoms with van der Waals surface area (Å²) in [6.45, 7) is 7.55. The maximum absolute atomic E-state index is 5.43. The predicted octanol–water partition coefficient (Wildman–Crippen LogP) is 2.92. The van der Waals surface area contributed by atoms with Crippen molar-refractivity contribution in [1.82, 2.24) is 10.6 Å². The fourth-order valence-electron chi connectivity index (χ4n) is 2.49. The van der Waals surface area contributed by atoms with Gasteiger partial charge in [0, 0.05) is 33.4 Å². The standard InChI is InChI=1S/C19H33N3O2/c1-5-20-19(21-12-7-6-8-14-23-3)22-13-11-17-15-16(2)9-10-18(17)24-4/h9-10,15H,5-8,11-14H2,1-4H3,(H2,20,21,22). The van der Waals surface area contributed by atoms with Crippen molar-refractivity contribution >= 4 is 5.96 Å². The second-order valence-corrected chi connectivity index (χ2v) is 5.81. The van der Waals surface area contributed by atoms with E-state index in [0.29, 0.717) is 0 Å². The molecular formula is C19H33N3O2. The van der Waals surface area contributed by atoms with E-state index in [2.05, 4.69) is 41.6 Å². The highest BCUT2D eigenvalue weighted by molar-refractivity contribution is 5.79. The van der Waals surface area contributed by atoms with Crippen molar-refractivity contribution in [2.24, 2.45) is 4.99 Å². The van der Waals surface area contributed by atoms with Crippen LogP contribution in [0.5, 0.6) is 5.75 Å². The maximum Gasteiger partial charge on any atom is 0.191 e. The van der Waals surface area contributed by atoms with Gasteiger partial charge in [-0.15, -0.1) is 0 Å². The Hall–Kier alpha value is -1.75. The molecular weight excluding hydrogens is 302 g/mol. The number of unbranched alkanes of at least 4 members (excludes halogenated alkanes) is 2. The number of aryl methyl sites for hydroxylation is 1. The van der Waals surface area contributed by atoms with E-state index in [1.165, 1.54) is 11.1 Å². The van der Waals surface area contributed by atoms with Gasteiger partial charge in [-0.25, -0.2) is 0 Å². The number of aliphatic imine (C=N–C) groups is 1. The van der Waals surface area contributed by atoms with E-state index in [-0.39, 0.29) is 0 Å². The summed E-state index contributed by atoms with van der Waals surface area (Å²) >= 11 is 0. The largest absolute Gasteiger partial charge is 0.496 e. The number of benzene rings is 1. The minimum atomic E-state index is 0.829. The second kappa shape index (κ2) is 12.6. The van der Waals surface area contributed by atoms with Crippen LogP contribution in [-0.4, -0.2) is 46.4 Å². The zero-order chi connectivity index (χ0) is 17.6. The molecule has 0 aliphatic rings. The summed E-state index contributed by atoms with van der Waals surface area (Å²) in [5, 5.41) is 6.69. The molecule has 5 nitrogen and oxygen atoms in total. The lowest BCUT2D eigenvalue weighted by Gasteiger charge is -2.13. The third kappa shape index (κ3) is 8.20. The second-order valence-electron chi connectivity index (χ2n) is 5.81. The van der Waals surface area contributed by atoms with Gasteiger partial charge in [-0.1, -0.05) is 17.7 Å². The number of hydrogen-bond acceptors (Lipinski definition) is 3. The fraction of sp³-hybridized carbons (Fsp3) is 0.632. The van der Waals surface area contributed by atoms with E-state index in [0.717, 1.165) is 63.6 Å². The lowest BCUT2D eigenvalue weighted by atomic mass is 10.1. The Balaban J connectivity index is 2.41. The number of rotatable bonds is 11. The highest BCUT2D eigenvalue weighted by atomic mass is 16.5. The zero-order valence-electron chi connectivity index (χ0n) is 15.7. The molecule has 1 aromatic rings. The van der Waals surface area contributed by atoms with Crippen molar-refractivity contribution in [3.63, 3.8) is 0 Å². The SMILES string of the molecule is CCNC(=NCCCCCOC)NCCc1cc(C)ccc1OC. The number of nitrogens with one attached hydrogen (secondary N) is 2. The first-order valence-corrected chi connectivity index (χ1v) is 8.85. The molecule has 0 bridgehead atoms. The molecule has 136 valence electrons. The van der Waals surface area contributed by atoms with Gasteiger partial charge in [0.05, 0.1) is 7.11 Å². The number of ether oxygens (including phenoxy) is 2. The Morgan fingerprint density at radius 2 is 1.96 bits per heavy atom. The molecule has 0 aromatic heterocycles. The molecule has 5 heteroatoms. The first-order valence-electron chi connectivity index (χ1n) is 8.85. The number of nitrogens with zero attached hydrogens (tertiary/aromatic N) is 1. The van der Waals surface area contributed by atoms with Gasteiger partial charge in [0.25, 0.3) is 0 Å². The summed E-state index contributed by atoms with van der Waals surface area (Å²) in [5.41, 5.74) is 2.47. The third-order valence-corrected chi connectivity index (χ3v) is 3.74. The van der Waals surface area contributed by atoms with Crippen molar-refractivity contribution in [2.75, 3.05) is 40.5 Å². The Bertz CT molecular complexity index is 490. The van der Waals surface area contributed by atoms with Crippen LogP contribution >= 0.6 is 0 Å². The van der Waals surface area contributed by atoms with Gasteiger partial charge in [0.15, 0.2) is 5.96 Å². The Morgan fingerprint density at radius 3 is 2.67 bits per heavy atom. The molecule has 0 radical (unpaired) electrons. The van der Waals surface area contributed by atoms with Crippen LogP contribution in [0, 0.1) is 6.92 Å². The summed E-state index contributed by atoms with van der Waals surface area (Å²) in [5.74, 6) is 1.83. The lowest BCUT2D eigenvalue weighted by Crippen LogP contribution is -2.38. The minimum Gasteiger partial charge on any atom is -0.496 e. The highest BCUT2D eigenvalue weighted by Gasteiger charge is 2.04. The van der Waals surface area contributed by atoms with E-state index in [9.17, 15) is 0 Å². The normalized spacial score (nSPS) is 11.4. The van der Waals surface area contributed by atoms with Crippen LogP contribution in [-0.2, 0) is 11.2 Å². The summed E-state index contributed by atoms with van der Waals surface area (Å²) in [7, 11) is 3.46. The molecule has 0 heterocycles. The van der Waals surface area contributed by atoms with E-state index in [1.54, 1.807) is 14.2 Å². The van der Waals surface area contributed by atoms with Crippen molar-refractivity contribution in [3.8, 4) is 5.75 Å². The molecule has 0 fully saturated rings. The lowest BCUT2D eigenvalue weighted by molar-refractivity contribution is 0.192. The van der Waals surface area contributed by atoms with Crippen LogP contribution in [0.15, 0.2) is 23.2 Å². The van der Waals surface area contributed by atoms with E-state index < -0.39 is 0 Å². The number of guanidine groups is 1. The topological polar surface area (TPSA) is 54.9 Å². The average Bonchev–Trinajstić information content (AvgIpc) is 2.58. The first-order chi connectivity index (χ1) is 11.7. The van der Waals surface area contributed by atoms with Gasteiger partial charge in [-0.3, -0.25) is 4.99 Å². The highest BCUT2D eigenvalue weighted by Crippen LogP contribution is 2.19. The number of hydrogen-bond donors (Lipinski definition) is 2. The van der Waals surface area contributed by atoms with E-state index in [1.807, 2.05) is 6.07 Å². The monoisotopic (exact) mass is 335 g/mol. The summed E-state index contributed by atoms with van der Waals surface area (Å²) < 4.78 is 10.5. The Morgan fingerprint density at radius 1 is 1.12 bits per heavy atom. The molecule has 0 saturated carbocycles. The van der Waals surface area contributed by atoms with Gasteiger partial charge in [-0.2, -0.15) is 0 Å². The molecule has 0 aliphatic heterocycles. The molecule has 2 N–H and O–H groups in total. The van der Waals surface area contributed by atoms with Crippen molar-refractivity contribution in [2.45, 2.75) is 39.5 Å². The summed E-state index contributed by atoms with van der Waals surface area (Å²) in [4.78, 5) is 4.62. The van der Waals surface area contributed by atoms with Crippen molar-refractivity contribution < 1.29 is 9.47 Å². The van der Waals surface area contributed by atoms with E-state index in [4.69, 9.17) is 9.47 Å². The van der Waals surface area contributed by atoms with Crippen LogP contribution in [0.25, 0.3) is 0 Å². The van der Waals surface area contributed by atoms with Crippen LogP contribution in [0.2, 0.25) is 0 Å². The molecule has 1 rings (SSSR count). The summed E-state index contributed by atoms with van der Waals surface area (Å²) in [6, 6.07) is 6.29. The predicted molar refractivity (Wildman–Crippen MR) is 101 cm³/mol. The Kier molecular flexibility index (Phi) is 10.7. The van der Waals surface area contributed by atoms with Gasteiger partial charge in [0.1, 0.15) is 5.75 Å². The molecule has 0 aliphatic carbocycles. The smallest absolute Gasteiger partial charge is 0.191 e. The molecule has 0 atom stereocenters. The first kappa shape index (κ1) is 20.3. The molecule has 0 saturated heterocycles. The third-order valence-electron chi connectivity index (χ3n) is 3.74. The Labute approximate surface area is 146 Å². The van der Waals surface area contributed by atoms with Crippen LogP contribution in [0.1, 0.15) is 37.3 Å². The van der Waals surface area contributed by atoms with Crippen molar-refractivity contribution in [3.05, 3.63) is 29.3 Å².